The molecule has 0 bridgehead atoms. The minimum atomic E-state index is 0.0161. The van der Waals surface area contributed by atoms with Crippen LogP contribution in [0, 0.1) is 0 Å². The van der Waals surface area contributed by atoms with E-state index in [0.717, 1.165) is 6.42 Å². The second-order valence-corrected chi connectivity index (χ2v) is 3.44. The Kier molecular flexibility index (Phi) is 3.09. The number of rotatable bonds is 4. The van der Waals surface area contributed by atoms with E-state index < -0.39 is 0 Å². The molecule has 0 fully saturated rings. The maximum atomic E-state index is 9.28. The zero-order valence-electron chi connectivity index (χ0n) is 8.32. The van der Waals surface area contributed by atoms with E-state index in [9.17, 15) is 5.11 Å². The van der Waals surface area contributed by atoms with Crippen molar-refractivity contribution in [2.75, 3.05) is 6.61 Å². The van der Waals surface area contributed by atoms with E-state index in [4.69, 9.17) is 0 Å². The van der Waals surface area contributed by atoms with Crippen LogP contribution in [0.2, 0.25) is 0 Å². The van der Waals surface area contributed by atoms with Crippen molar-refractivity contribution >= 4 is 0 Å². The van der Waals surface area contributed by atoms with Gasteiger partial charge in [-0.2, -0.15) is 0 Å². The lowest BCUT2D eigenvalue weighted by molar-refractivity contribution is 0.227. The van der Waals surface area contributed by atoms with Crippen LogP contribution in [0.5, 0.6) is 0 Å². The third kappa shape index (κ3) is 2.41. The van der Waals surface area contributed by atoms with Gasteiger partial charge in [-0.3, -0.25) is 0 Å². The summed E-state index contributed by atoms with van der Waals surface area (Å²) >= 11 is 0. The molecule has 15 heavy (non-hydrogen) atoms. The second kappa shape index (κ2) is 4.70. The summed E-state index contributed by atoms with van der Waals surface area (Å²) in [6.45, 7) is 0.0902. The molecule has 0 saturated carbocycles. The first-order chi connectivity index (χ1) is 7.40. The molecule has 0 aliphatic heterocycles. The summed E-state index contributed by atoms with van der Waals surface area (Å²) in [5.74, 6) is 0. The van der Waals surface area contributed by atoms with Crippen molar-refractivity contribution in [2.24, 2.45) is 0 Å². The fraction of sp³-hybridized carbons (Fsp3) is 0.273. The van der Waals surface area contributed by atoms with Crippen LogP contribution < -0.4 is 0 Å². The van der Waals surface area contributed by atoms with Crippen molar-refractivity contribution in [3.63, 3.8) is 0 Å². The van der Waals surface area contributed by atoms with Gasteiger partial charge in [-0.15, -0.1) is 10.2 Å². The van der Waals surface area contributed by atoms with Gasteiger partial charge in [-0.05, 0) is 12.0 Å². The van der Waals surface area contributed by atoms with Crippen LogP contribution in [0.25, 0.3) is 0 Å². The van der Waals surface area contributed by atoms with Crippen molar-refractivity contribution in [3.05, 3.63) is 48.5 Å². The molecule has 1 unspecified atom stereocenters. The van der Waals surface area contributed by atoms with Crippen molar-refractivity contribution in [1.82, 2.24) is 14.8 Å². The first-order valence-electron chi connectivity index (χ1n) is 4.89. The highest BCUT2D eigenvalue weighted by atomic mass is 16.3. The largest absolute Gasteiger partial charge is 0.394 e. The van der Waals surface area contributed by atoms with E-state index in [1.807, 2.05) is 34.9 Å². The van der Waals surface area contributed by atoms with E-state index in [2.05, 4.69) is 10.2 Å². The van der Waals surface area contributed by atoms with Crippen LogP contribution in [0.15, 0.2) is 43.0 Å². The van der Waals surface area contributed by atoms with Gasteiger partial charge in [-0.25, -0.2) is 0 Å². The third-order valence-corrected chi connectivity index (χ3v) is 2.38. The Morgan fingerprint density at radius 2 is 1.80 bits per heavy atom. The van der Waals surface area contributed by atoms with Crippen LogP contribution in [-0.2, 0) is 6.42 Å². The van der Waals surface area contributed by atoms with Crippen LogP contribution >= 0.6 is 0 Å². The Hall–Kier alpha value is -1.68. The summed E-state index contributed by atoms with van der Waals surface area (Å²) in [7, 11) is 0. The molecule has 0 aliphatic rings. The quantitative estimate of drug-likeness (QED) is 0.808. The molecule has 1 heterocycles. The smallest absolute Gasteiger partial charge is 0.119 e. The number of aliphatic hydroxyl groups excluding tert-OH is 1. The number of aromatic nitrogens is 3. The van der Waals surface area contributed by atoms with Gasteiger partial charge in [0.05, 0.1) is 12.6 Å². The van der Waals surface area contributed by atoms with Crippen LogP contribution in [0.3, 0.4) is 0 Å². The van der Waals surface area contributed by atoms with E-state index in [1.165, 1.54) is 5.56 Å². The molecular formula is C11H13N3O. The molecule has 0 saturated heterocycles. The van der Waals surface area contributed by atoms with E-state index in [0.29, 0.717) is 0 Å². The maximum absolute atomic E-state index is 9.28. The molecule has 2 rings (SSSR count). The van der Waals surface area contributed by atoms with Gasteiger partial charge in [-0.1, -0.05) is 30.3 Å². The number of nitrogens with zero attached hydrogens (tertiary/aromatic N) is 3. The summed E-state index contributed by atoms with van der Waals surface area (Å²) in [5, 5.41) is 16.8. The average molecular weight is 203 g/mol. The molecule has 4 nitrogen and oxygen atoms in total. The van der Waals surface area contributed by atoms with Crippen molar-refractivity contribution in [1.29, 1.82) is 0 Å². The van der Waals surface area contributed by atoms with Gasteiger partial charge >= 0.3 is 0 Å². The molecule has 0 aliphatic carbocycles. The number of benzene rings is 1. The van der Waals surface area contributed by atoms with E-state index in [-0.39, 0.29) is 12.6 Å². The van der Waals surface area contributed by atoms with Crippen molar-refractivity contribution < 1.29 is 5.11 Å². The normalized spacial score (nSPS) is 12.6. The van der Waals surface area contributed by atoms with Gasteiger partial charge in [0.1, 0.15) is 12.7 Å². The Balaban J connectivity index is 2.10. The monoisotopic (exact) mass is 203 g/mol. The highest BCUT2D eigenvalue weighted by Gasteiger charge is 2.09. The first kappa shape index (κ1) is 9.86. The van der Waals surface area contributed by atoms with Gasteiger partial charge in [0, 0.05) is 0 Å². The summed E-state index contributed by atoms with van der Waals surface area (Å²) < 4.78 is 1.83. The standard InChI is InChI=1S/C11H13N3O/c15-7-11(14-8-12-13-9-14)6-10-4-2-1-3-5-10/h1-5,8-9,11,15H,6-7H2. The number of aliphatic hydroxyl groups is 1. The molecule has 2 aromatic rings. The molecule has 78 valence electrons. The zero-order chi connectivity index (χ0) is 10.5. The lowest BCUT2D eigenvalue weighted by Gasteiger charge is -2.14. The highest BCUT2D eigenvalue weighted by Crippen LogP contribution is 2.12. The second-order valence-electron chi connectivity index (χ2n) is 3.44. The van der Waals surface area contributed by atoms with Gasteiger partial charge in [0.2, 0.25) is 0 Å². The third-order valence-electron chi connectivity index (χ3n) is 2.38. The molecule has 0 amide bonds. The predicted molar refractivity (Wildman–Crippen MR) is 56.3 cm³/mol. The Morgan fingerprint density at radius 1 is 1.13 bits per heavy atom. The molecule has 0 spiro atoms. The molecule has 0 radical (unpaired) electrons. The summed E-state index contributed by atoms with van der Waals surface area (Å²) in [6, 6.07) is 10.1. The van der Waals surface area contributed by atoms with E-state index in [1.54, 1.807) is 12.7 Å². The SMILES string of the molecule is OCC(Cc1ccccc1)n1cnnc1. The minimum absolute atomic E-state index is 0.0161. The van der Waals surface area contributed by atoms with Gasteiger partial charge in [0.25, 0.3) is 0 Å². The highest BCUT2D eigenvalue weighted by molar-refractivity contribution is 5.15. The van der Waals surface area contributed by atoms with E-state index >= 15 is 0 Å². The molecule has 1 aromatic heterocycles. The Morgan fingerprint density at radius 3 is 2.40 bits per heavy atom. The number of hydrogen-bond acceptors (Lipinski definition) is 3. The molecule has 1 aromatic carbocycles. The Bertz CT molecular complexity index is 385. The summed E-state index contributed by atoms with van der Waals surface area (Å²) in [5.41, 5.74) is 1.20. The molecule has 1 N–H and O–H groups in total. The molecular weight excluding hydrogens is 190 g/mol. The predicted octanol–water partition coefficient (Wildman–Crippen LogP) is 1.05. The number of hydrogen-bond donors (Lipinski definition) is 1. The maximum Gasteiger partial charge on any atom is 0.119 e. The van der Waals surface area contributed by atoms with Crippen LogP contribution in [-0.4, -0.2) is 26.5 Å². The molecule has 1 atom stereocenters. The first-order valence-corrected chi connectivity index (χ1v) is 4.89. The van der Waals surface area contributed by atoms with Crippen molar-refractivity contribution in [2.45, 2.75) is 12.5 Å². The van der Waals surface area contributed by atoms with Crippen molar-refractivity contribution in [3.8, 4) is 0 Å². The van der Waals surface area contributed by atoms with Gasteiger partial charge in [0.15, 0.2) is 0 Å². The lowest BCUT2D eigenvalue weighted by Crippen LogP contribution is -2.14. The topological polar surface area (TPSA) is 50.9 Å². The average Bonchev–Trinajstić information content (AvgIpc) is 2.81. The zero-order valence-corrected chi connectivity index (χ0v) is 8.32. The fourth-order valence-electron chi connectivity index (χ4n) is 1.55. The van der Waals surface area contributed by atoms with Gasteiger partial charge < -0.3 is 9.67 Å². The summed E-state index contributed by atoms with van der Waals surface area (Å²) in [4.78, 5) is 0. The summed E-state index contributed by atoms with van der Waals surface area (Å²) in [6.07, 6.45) is 4.04. The lowest BCUT2D eigenvalue weighted by atomic mass is 10.1. The Labute approximate surface area is 88.2 Å². The van der Waals surface area contributed by atoms with Crippen LogP contribution in [0.4, 0.5) is 0 Å². The fourth-order valence-corrected chi connectivity index (χ4v) is 1.55. The minimum Gasteiger partial charge on any atom is -0.394 e. The molecule has 4 heteroatoms. The van der Waals surface area contributed by atoms with Crippen LogP contribution in [0.1, 0.15) is 11.6 Å².